The average molecular weight is 486 g/mol. The Labute approximate surface area is 200 Å². The predicted octanol–water partition coefficient (Wildman–Crippen LogP) is 4.08. The third-order valence-electron chi connectivity index (χ3n) is 6.28. The van der Waals surface area contributed by atoms with E-state index in [4.69, 9.17) is 16.6 Å². The van der Waals surface area contributed by atoms with Crippen molar-refractivity contribution in [3.63, 3.8) is 0 Å². The summed E-state index contributed by atoms with van der Waals surface area (Å²) in [7, 11) is 0. The molecule has 0 spiro atoms. The SMILES string of the molecule is Nc1nc(-c2ccc(C[C@H](N)C(=O)O)cc2)cc(N2CCC(c3ccccc3C(F)(F)F)CC2)n1. The zero-order valence-electron chi connectivity index (χ0n) is 18.9. The third kappa shape index (κ3) is 5.71. The van der Waals surface area contributed by atoms with Gasteiger partial charge < -0.3 is 21.5 Å². The van der Waals surface area contributed by atoms with E-state index in [-0.39, 0.29) is 18.3 Å². The predicted molar refractivity (Wildman–Crippen MR) is 127 cm³/mol. The molecule has 184 valence electrons. The highest BCUT2D eigenvalue weighted by Gasteiger charge is 2.35. The Bertz CT molecular complexity index is 1190. The van der Waals surface area contributed by atoms with E-state index >= 15 is 0 Å². The van der Waals surface area contributed by atoms with Crippen LogP contribution in [0.5, 0.6) is 0 Å². The number of aromatic nitrogens is 2. The van der Waals surface area contributed by atoms with Crippen molar-refractivity contribution in [1.29, 1.82) is 0 Å². The Hall–Kier alpha value is -3.66. The first-order chi connectivity index (χ1) is 16.6. The largest absolute Gasteiger partial charge is 0.480 e. The molecule has 1 atom stereocenters. The number of halogens is 3. The topological polar surface area (TPSA) is 118 Å². The Kier molecular flexibility index (Phi) is 6.93. The number of nitrogens with zero attached hydrogens (tertiary/aromatic N) is 3. The van der Waals surface area contributed by atoms with Gasteiger partial charge in [-0.1, -0.05) is 42.5 Å². The molecule has 0 radical (unpaired) electrons. The van der Waals surface area contributed by atoms with Crippen molar-refractivity contribution < 1.29 is 23.1 Å². The van der Waals surface area contributed by atoms with Crippen molar-refractivity contribution >= 4 is 17.7 Å². The number of carbonyl (C=O) groups is 1. The Balaban J connectivity index is 1.48. The van der Waals surface area contributed by atoms with Crippen molar-refractivity contribution in [2.45, 2.75) is 37.4 Å². The lowest BCUT2D eigenvalue weighted by atomic mass is 9.86. The first-order valence-corrected chi connectivity index (χ1v) is 11.2. The highest BCUT2D eigenvalue weighted by Crippen LogP contribution is 2.39. The van der Waals surface area contributed by atoms with Crippen molar-refractivity contribution in [3.8, 4) is 11.3 Å². The Morgan fingerprint density at radius 3 is 2.37 bits per heavy atom. The molecule has 5 N–H and O–H groups in total. The molecule has 1 aliphatic rings. The number of hydrogen-bond acceptors (Lipinski definition) is 6. The highest BCUT2D eigenvalue weighted by molar-refractivity contribution is 5.73. The molecule has 1 aromatic heterocycles. The maximum absolute atomic E-state index is 13.4. The van der Waals surface area contributed by atoms with Crippen molar-refractivity contribution in [1.82, 2.24) is 9.97 Å². The van der Waals surface area contributed by atoms with E-state index in [0.29, 0.717) is 43.0 Å². The summed E-state index contributed by atoms with van der Waals surface area (Å²) in [6.07, 6.45) is -3.05. The normalized spacial score (nSPS) is 15.7. The second-order valence-electron chi connectivity index (χ2n) is 8.66. The van der Waals surface area contributed by atoms with Gasteiger partial charge in [-0.05, 0) is 42.4 Å². The molecule has 3 aromatic rings. The van der Waals surface area contributed by atoms with Gasteiger partial charge >= 0.3 is 12.1 Å². The molecule has 0 aliphatic carbocycles. The van der Waals surface area contributed by atoms with E-state index in [9.17, 15) is 18.0 Å². The van der Waals surface area contributed by atoms with Gasteiger partial charge in [-0.25, -0.2) is 4.98 Å². The molecule has 0 bridgehead atoms. The van der Waals surface area contributed by atoms with Gasteiger partial charge in [-0.3, -0.25) is 4.79 Å². The molecule has 2 heterocycles. The minimum absolute atomic E-state index is 0.0963. The monoisotopic (exact) mass is 485 g/mol. The number of rotatable bonds is 6. The van der Waals surface area contributed by atoms with E-state index < -0.39 is 23.8 Å². The zero-order valence-corrected chi connectivity index (χ0v) is 18.9. The molecular formula is C25H26F3N5O2. The van der Waals surface area contributed by atoms with Crippen LogP contribution >= 0.6 is 0 Å². The molecule has 35 heavy (non-hydrogen) atoms. The van der Waals surface area contributed by atoms with Gasteiger partial charge in [0.1, 0.15) is 11.9 Å². The molecule has 2 aromatic carbocycles. The van der Waals surface area contributed by atoms with Crippen LogP contribution in [0.4, 0.5) is 24.9 Å². The van der Waals surface area contributed by atoms with Gasteiger partial charge in [-0.2, -0.15) is 18.2 Å². The third-order valence-corrected chi connectivity index (χ3v) is 6.28. The molecule has 1 fully saturated rings. The van der Waals surface area contributed by atoms with Gasteiger partial charge in [0.15, 0.2) is 0 Å². The number of hydrogen-bond donors (Lipinski definition) is 3. The summed E-state index contributed by atoms with van der Waals surface area (Å²) in [4.78, 5) is 21.6. The van der Waals surface area contributed by atoms with Crippen LogP contribution in [0.2, 0.25) is 0 Å². The number of aliphatic carboxylic acids is 1. The fraction of sp³-hybridized carbons (Fsp3) is 0.320. The van der Waals surface area contributed by atoms with Crippen molar-refractivity contribution in [2.24, 2.45) is 5.73 Å². The molecule has 7 nitrogen and oxygen atoms in total. The van der Waals surface area contributed by atoms with Crippen LogP contribution in [0.3, 0.4) is 0 Å². The standard InChI is InChI=1S/C25H26F3N5O2/c26-25(27,28)19-4-2-1-3-18(19)16-9-11-33(12-10-16)22-14-21(31-24(30)32-22)17-7-5-15(6-8-17)13-20(29)23(34)35/h1-8,14,16,20H,9-13,29H2,(H,34,35)(H2,30,31,32)/t20-/m0/s1. The van der Waals surface area contributed by atoms with Crippen LogP contribution in [0.15, 0.2) is 54.6 Å². The van der Waals surface area contributed by atoms with Crippen LogP contribution in [0, 0.1) is 0 Å². The summed E-state index contributed by atoms with van der Waals surface area (Å²) in [6, 6.07) is 13.8. The number of nitrogens with two attached hydrogens (primary N) is 2. The first kappa shape index (κ1) is 24.5. The fourth-order valence-corrected chi connectivity index (χ4v) is 4.45. The van der Waals surface area contributed by atoms with E-state index in [1.807, 2.05) is 17.0 Å². The van der Waals surface area contributed by atoms with Crippen molar-refractivity contribution in [2.75, 3.05) is 23.7 Å². The summed E-state index contributed by atoms with van der Waals surface area (Å²) in [5.74, 6) is -0.536. The Morgan fingerprint density at radius 2 is 1.74 bits per heavy atom. The van der Waals surface area contributed by atoms with E-state index in [0.717, 1.165) is 17.2 Å². The second kappa shape index (κ2) is 9.91. The Morgan fingerprint density at radius 1 is 1.09 bits per heavy atom. The lowest BCUT2D eigenvalue weighted by molar-refractivity contribution is -0.139. The molecule has 4 rings (SSSR count). The van der Waals surface area contributed by atoms with E-state index in [2.05, 4.69) is 9.97 Å². The molecule has 0 amide bonds. The number of alkyl halides is 3. The van der Waals surface area contributed by atoms with Gasteiger partial charge in [0.05, 0.1) is 11.3 Å². The summed E-state index contributed by atoms with van der Waals surface area (Å²) >= 11 is 0. The van der Waals surface area contributed by atoms with Crippen LogP contribution < -0.4 is 16.4 Å². The van der Waals surface area contributed by atoms with Crippen LogP contribution in [-0.4, -0.2) is 40.2 Å². The molecule has 1 aliphatic heterocycles. The average Bonchev–Trinajstić information content (AvgIpc) is 2.83. The number of nitrogen functional groups attached to an aromatic ring is 1. The molecule has 10 heteroatoms. The number of benzene rings is 2. The zero-order chi connectivity index (χ0) is 25.2. The van der Waals surface area contributed by atoms with Gasteiger partial charge in [0, 0.05) is 24.7 Å². The fourth-order valence-electron chi connectivity index (χ4n) is 4.45. The quantitative estimate of drug-likeness (QED) is 0.481. The number of anilines is 2. The second-order valence-corrected chi connectivity index (χ2v) is 8.66. The maximum Gasteiger partial charge on any atom is 0.416 e. The number of piperidine rings is 1. The highest BCUT2D eigenvalue weighted by atomic mass is 19.4. The van der Waals surface area contributed by atoms with Crippen LogP contribution in [0.25, 0.3) is 11.3 Å². The van der Waals surface area contributed by atoms with Gasteiger partial charge in [0.25, 0.3) is 0 Å². The molecule has 0 unspecified atom stereocenters. The van der Waals surface area contributed by atoms with E-state index in [1.165, 1.54) is 6.07 Å². The van der Waals surface area contributed by atoms with Gasteiger partial charge in [0.2, 0.25) is 5.95 Å². The summed E-state index contributed by atoms with van der Waals surface area (Å²) < 4.78 is 40.3. The minimum atomic E-state index is -4.38. The van der Waals surface area contributed by atoms with E-state index in [1.54, 1.807) is 30.3 Å². The number of carboxylic acid groups (broad SMARTS) is 1. The van der Waals surface area contributed by atoms with Gasteiger partial charge in [-0.15, -0.1) is 0 Å². The lowest BCUT2D eigenvalue weighted by Gasteiger charge is -2.34. The van der Waals surface area contributed by atoms with Crippen LogP contribution in [-0.2, 0) is 17.4 Å². The molecule has 0 saturated carbocycles. The smallest absolute Gasteiger partial charge is 0.416 e. The first-order valence-electron chi connectivity index (χ1n) is 11.2. The lowest BCUT2D eigenvalue weighted by Crippen LogP contribution is -2.34. The summed E-state index contributed by atoms with van der Waals surface area (Å²) in [6.45, 7) is 1.08. The van der Waals surface area contributed by atoms with Crippen LogP contribution in [0.1, 0.15) is 35.4 Å². The minimum Gasteiger partial charge on any atom is -0.480 e. The maximum atomic E-state index is 13.4. The molecular weight excluding hydrogens is 459 g/mol. The van der Waals surface area contributed by atoms with Crippen molar-refractivity contribution in [3.05, 3.63) is 71.3 Å². The summed E-state index contributed by atoms with van der Waals surface area (Å²) in [5, 5.41) is 8.98. The summed E-state index contributed by atoms with van der Waals surface area (Å²) in [5.41, 5.74) is 13.5. The molecule has 1 saturated heterocycles. The number of carboxylic acids is 1.